The molecule has 1 atom stereocenters. The van der Waals surface area contributed by atoms with Crippen molar-refractivity contribution in [3.8, 4) is 0 Å². The number of aryl methyl sites for hydroxylation is 2. The molecular weight excluding hydrogens is 380 g/mol. The minimum Gasteiger partial charge on any atom is -0.337 e. The molecule has 0 spiro atoms. The second-order valence-corrected chi connectivity index (χ2v) is 9.91. The lowest BCUT2D eigenvalue weighted by molar-refractivity contribution is 0.0728. The van der Waals surface area contributed by atoms with Gasteiger partial charge in [-0.2, -0.15) is 0 Å². The van der Waals surface area contributed by atoms with Crippen LogP contribution in [0.5, 0.6) is 0 Å². The van der Waals surface area contributed by atoms with Gasteiger partial charge in [0.05, 0.1) is 21.9 Å². The Labute approximate surface area is 164 Å². The summed E-state index contributed by atoms with van der Waals surface area (Å²) in [7, 11) is -3.45. The molecule has 3 heterocycles. The number of hydrogen-bond acceptors (Lipinski definition) is 6. The number of carbonyl (C=O) groups excluding carboxylic acids is 1. The maximum Gasteiger partial charge on any atom is 0.258 e. The molecule has 2 fully saturated rings. The number of aromatic nitrogens is 2. The fourth-order valence-corrected chi connectivity index (χ4v) is 6.05. The topological polar surface area (TPSA) is 105 Å². The van der Waals surface area contributed by atoms with E-state index in [0.717, 1.165) is 25.7 Å². The summed E-state index contributed by atoms with van der Waals surface area (Å²) in [6.07, 6.45) is 5.17. The van der Waals surface area contributed by atoms with Gasteiger partial charge in [0.15, 0.2) is 0 Å². The van der Waals surface area contributed by atoms with Crippen molar-refractivity contribution in [2.45, 2.75) is 63.7 Å². The first kappa shape index (κ1) is 19.3. The molecule has 2 aromatic rings. The smallest absolute Gasteiger partial charge is 0.258 e. The quantitative estimate of drug-likeness (QED) is 0.835. The van der Waals surface area contributed by atoms with Gasteiger partial charge in [0, 0.05) is 24.8 Å². The van der Waals surface area contributed by atoms with Crippen LogP contribution in [0.25, 0.3) is 11.1 Å². The molecule has 9 heteroatoms. The fraction of sp³-hybridized carbons (Fsp3) is 0.632. The molecule has 1 aliphatic carbocycles. The van der Waals surface area contributed by atoms with Gasteiger partial charge in [-0.3, -0.25) is 4.79 Å². The molecule has 28 heavy (non-hydrogen) atoms. The van der Waals surface area contributed by atoms with E-state index in [2.05, 4.69) is 14.9 Å². The van der Waals surface area contributed by atoms with E-state index in [9.17, 15) is 13.2 Å². The number of hydrogen-bond donors (Lipinski definition) is 1. The van der Waals surface area contributed by atoms with Crippen molar-refractivity contribution < 1.29 is 17.7 Å². The zero-order valence-electron chi connectivity index (χ0n) is 16.3. The summed E-state index contributed by atoms with van der Waals surface area (Å²) < 4.78 is 33.8. The third-order valence-electron chi connectivity index (χ3n) is 5.77. The molecule has 1 saturated heterocycles. The number of amides is 1. The highest BCUT2D eigenvalue weighted by molar-refractivity contribution is 7.90. The zero-order chi connectivity index (χ0) is 19.9. The summed E-state index contributed by atoms with van der Waals surface area (Å²) in [6, 6.07) is 1.77. The van der Waals surface area contributed by atoms with Crippen LogP contribution in [0.4, 0.5) is 0 Å². The predicted molar refractivity (Wildman–Crippen MR) is 105 cm³/mol. The van der Waals surface area contributed by atoms with Gasteiger partial charge in [-0.15, -0.1) is 0 Å². The molecule has 1 N–H and O–H groups in total. The Morgan fingerprint density at radius 1 is 1.21 bits per heavy atom. The summed E-state index contributed by atoms with van der Waals surface area (Å²) >= 11 is 0. The Hall–Kier alpha value is -2.00. The second-order valence-electron chi connectivity index (χ2n) is 7.92. The van der Waals surface area contributed by atoms with Crippen LogP contribution in [0, 0.1) is 13.8 Å². The van der Waals surface area contributed by atoms with Crippen molar-refractivity contribution in [2.24, 2.45) is 0 Å². The van der Waals surface area contributed by atoms with Crippen molar-refractivity contribution in [1.29, 1.82) is 0 Å². The SMILES string of the molecule is Cc1cc(C(=O)N2CCC[C@@H](S(=O)(=O)NC3CCCC3)C2)c2c(C)noc2n1. The Balaban J connectivity index is 1.56. The Kier molecular flexibility index (Phi) is 5.13. The van der Waals surface area contributed by atoms with Gasteiger partial charge in [0.1, 0.15) is 0 Å². The average Bonchev–Trinajstić information content (AvgIpc) is 3.30. The molecule has 0 aromatic carbocycles. The van der Waals surface area contributed by atoms with E-state index in [0.29, 0.717) is 47.4 Å². The van der Waals surface area contributed by atoms with Crippen molar-refractivity contribution in [1.82, 2.24) is 19.8 Å². The number of carbonyl (C=O) groups is 1. The molecule has 4 rings (SSSR count). The van der Waals surface area contributed by atoms with Crippen LogP contribution >= 0.6 is 0 Å². The van der Waals surface area contributed by atoms with Gasteiger partial charge in [-0.1, -0.05) is 18.0 Å². The number of nitrogens with zero attached hydrogens (tertiary/aromatic N) is 3. The number of fused-ring (bicyclic) bond motifs is 1. The lowest BCUT2D eigenvalue weighted by Crippen LogP contribution is -2.50. The normalized spacial score (nSPS) is 21.5. The van der Waals surface area contributed by atoms with Crippen molar-refractivity contribution in [2.75, 3.05) is 13.1 Å². The molecule has 2 aromatic heterocycles. The average molecular weight is 407 g/mol. The number of pyridine rings is 1. The number of rotatable bonds is 4. The minimum absolute atomic E-state index is 0.0400. The van der Waals surface area contributed by atoms with E-state index < -0.39 is 15.3 Å². The van der Waals surface area contributed by atoms with Crippen LogP contribution in [-0.4, -0.2) is 53.7 Å². The van der Waals surface area contributed by atoms with Crippen LogP contribution in [0.3, 0.4) is 0 Å². The van der Waals surface area contributed by atoms with E-state index in [4.69, 9.17) is 4.52 Å². The summed E-state index contributed by atoms with van der Waals surface area (Å²) in [5, 5.41) is 3.95. The fourth-order valence-electron chi connectivity index (χ4n) is 4.30. The largest absolute Gasteiger partial charge is 0.337 e. The highest BCUT2D eigenvalue weighted by atomic mass is 32.2. The summed E-state index contributed by atoms with van der Waals surface area (Å²) in [4.78, 5) is 19.2. The van der Waals surface area contributed by atoms with Gasteiger partial charge >= 0.3 is 0 Å². The molecule has 152 valence electrons. The second kappa shape index (κ2) is 7.44. The molecule has 1 aliphatic heterocycles. The first-order valence-corrected chi connectivity index (χ1v) is 11.4. The maximum atomic E-state index is 13.2. The highest BCUT2D eigenvalue weighted by Gasteiger charge is 2.35. The first-order valence-electron chi connectivity index (χ1n) is 9.89. The molecule has 1 amide bonds. The number of sulfonamides is 1. The predicted octanol–water partition coefficient (Wildman–Crippen LogP) is 2.31. The van der Waals surface area contributed by atoms with E-state index in [-0.39, 0.29) is 18.5 Å². The summed E-state index contributed by atoms with van der Waals surface area (Å²) in [6.45, 7) is 4.31. The van der Waals surface area contributed by atoms with Gasteiger partial charge in [0.2, 0.25) is 10.0 Å². The Morgan fingerprint density at radius 3 is 2.71 bits per heavy atom. The lowest BCUT2D eigenvalue weighted by atomic mass is 10.1. The van der Waals surface area contributed by atoms with Crippen molar-refractivity contribution >= 4 is 27.0 Å². The van der Waals surface area contributed by atoms with Gasteiger partial charge < -0.3 is 9.42 Å². The molecule has 1 saturated carbocycles. The number of likely N-dealkylation sites (tertiary alicyclic amines) is 1. The van der Waals surface area contributed by atoms with E-state index in [1.54, 1.807) is 24.8 Å². The van der Waals surface area contributed by atoms with E-state index in [1.165, 1.54) is 0 Å². The van der Waals surface area contributed by atoms with Gasteiger partial charge in [0.25, 0.3) is 11.6 Å². The van der Waals surface area contributed by atoms with Crippen LogP contribution < -0.4 is 4.72 Å². The number of piperidine rings is 1. The monoisotopic (exact) mass is 406 g/mol. The molecule has 0 radical (unpaired) electrons. The first-order chi connectivity index (χ1) is 13.3. The van der Waals surface area contributed by atoms with Crippen molar-refractivity contribution in [3.63, 3.8) is 0 Å². The van der Waals surface area contributed by atoms with Crippen LogP contribution in [-0.2, 0) is 10.0 Å². The molecular formula is C19H26N4O4S. The molecule has 0 unspecified atom stereocenters. The maximum absolute atomic E-state index is 13.2. The number of nitrogens with one attached hydrogen (secondary N) is 1. The van der Waals surface area contributed by atoms with E-state index in [1.807, 2.05) is 0 Å². The van der Waals surface area contributed by atoms with Crippen LogP contribution in [0.15, 0.2) is 10.6 Å². The van der Waals surface area contributed by atoms with Crippen LogP contribution in [0.2, 0.25) is 0 Å². The summed E-state index contributed by atoms with van der Waals surface area (Å²) in [5.41, 5.74) is 2.08. The highest BCUT2D eigenvalue weighted by Crippen LogP contribution is 2.26. The minimum atomic E-state index is -3.45. The standard InChI is InChI=1S/C19H26N4O4S/c1-12-10-16(17-13(2)21-27-18(17)20-12)19(24)23-9-5-8-15(11-23)28(25,26)22-14-6-3-4-7-14/h10,14-15,22H,3-9,11H2,1-2H3/t15-/m1/s1. The lowest BCUT2D eigenvalue weighted by Gasteiger charge is -2.33. The third-order valence-corrected chi connectivity index (χ3v) is 7.69. The third kappa shape index (κ3) is 3.65. The van der Waals surface area contributed by atoms with Gasteiger partial charge in [-0.05, 0) is 45.6 Å². The molecule has 8 nitrogen and oxygen atoms in total. The summed E-state index contributed by atoms with van der Waals surface area (Å²) in [5.74, 6) is -0.192. The van der Waals surface area contributed by atoms with Crippen molar-refractivity contribution in [3.05, 3.63) is 23.0 Å². The molecule has 2 aliphatic rings. The molecule has 0 bridgehead atoms. The zero-order valence-corrected chi connectivity index (χ0v) is 17.1. The Morgan fingerprint density at radius 2 is 1.96 bits per heavy atom. The van der Waals surface area contributed by atoms with Crippen LogP contribution in [0.1, 0.15) is 60.3 Å². The Bertz CT molecular complexity index is 995. The van der Waals surface area contributed by atoms with Gasteiger partial charge in [-0.25, -0.2) is 18.1 Å². The van der Waals surface area contributed by atoms with E-state index >= 15 is 0 Å².